The Morgan fingerprint density at radius 2 is 2.64 bits per heavy atom. The average molecular weight is 191 g/mol. The van der Waals surface area contributed by atoms with E-state index >= 15 is 0 Å². The third-order valence-electron chi connectivity index (χ3n) is 1.32. The van der Waals surface area contributed by atoms with Crippen LogP contribution in [-0.2, 0) is 6.54 Å². The van der Waals surface area contributed by atoms with Gasteiger partial charge >= 0.3 is 0 Å². The van der Waals surface area contributed by atoms with Crippen molar-refractivity contribution in [2.45, 2.75) is 19.5 Å². The van der Waals surface area contributed by atoms with Crippen LogP contribution in [0.15, 0.2) is 11.6 Å². The molecule has 0 fully saturated rings. The molecule has 0 aromatic carbocycles. The number of hydrogen-bond acceptors (Lipinski definition) is 3. The van der Waals surface area contributed by atoms with Crippen LogP contribution in [-0.4, -0.2) is 16.9 Å². The minimum Gasteiger partial charge on any atom is -0.307 e. The maximum Gasteiger partial charge on any atom is 0.106 e. The van der Waals surface area contributed by atoms with Gasteiger partial charge in [-0.15, -0.1) is 22.9 Å². The molecular formula is C7H11ClN2S. The van der Waals surface area contributed by atoms with Gasteiger partial charge < -0.3 is 5.32 Å². The summed E-state index contributed by atoms with van der Waals surface area (Å²) in [5.41, 5.74) is 0. The number of nitrogens with one attached hydrogen (secondary N) is 1. The fourth-order valence-corrected chi connectivity index (χ4v) is 1.33. The Morgan fingerprint density at radius 1 is 1.82 bits per heavy atom. The lowest BCUT2D eigenvalue weighted by atomic mass is 10.4. The van der Waals surface area contributed by atoms with Gasteiger partial charge in [0.25, 0.3) is 0 Å². The third kappa shape index (κ3) is 3.18. The normalized spacial score (nSPS) is 13.3. The standard InChI is InChI=1S/C7H11ClN2S/c1-6(4-8)10-5-7-9-2-3-11-7/h2-3,6,10H,4-5H2,1H3. The van der Waals surface area contributed by atoms with Gasteiger partial charge in [-0.05, 0) is 6.92 Å². The van der Waals surface area contributed by atoms with Crippen LogP contribution in [0.2, 0.25) is 0 Å². The molecule has 0 saturated heterocycles. The summed E-state index contributed by atoms with van der Waals surface area (Å²) in [5, 5.41) is 6.34. The molecule has 0 aliphatic carbocycles. The first-order valence-corrected chi connectivity index (χ1v) is 4.92. The molecule has 0 saturated carbocycles. The molecular weight excluding hydrogens is 180 g/mol. The van der Waals surface area contributed by atoms with Gasteiger partial charge in [-0.25, -0.2) is 4.98 Å². The molecule has 1 aromatic heterocycles. The maximum atomic E-state index is 5.61. The van der Waals surface area contributed by atoms with Gasteiger partial charge in [-0.1, -0.05) is 0 Å². The fraction of sp³-hybridized carbons (Fsp3) is 0.571. The second kappa shape index (κ2) is 4.70. The molecule has 1 atom stereocenters. The van der Waals surface area contributed by atoms with E-state index < -0.39 is 0 Å². The van der Waals surface area contributed by atoms with Crippen LogP contribution in [0.3, 0.4) is 0 Å². The van der Waals surface area contributed by atoms with Crippen molar-refractivity contribution >= 4 is 22.9 Å². The van der Waals surface area contributed by atoms with E-state index in [4.69, 9.17) is 11.6 Å². The second-order valence-corrected chi connectivity index (χ2v) is 3.65. The average Bonchev–Trinajstić information content (AvgIpc) is 2.52. The van der Waals surface area contributed by atoms with Crippen molar-refractivity contribution in [3.63, 3.8) is 0 Å². The number of rotatable bonds is 4. The molecule has 2 nitrogen and oxygen atoms in total. The highest BCUT2D eigenvalue weighted by Gasteiger charge is 1.99. The number of nitrogens with zero attached hydrogens (tertiary/aromatic N) is 1. The SMILES string of the molecule is CC(CCl)NCc1nccs1. The first-order chi connectivity index (χ1) is 5.33. The second-order valence-electron chi connectivity index (χ2n) is 2.36. The van der Waals surface area contributed by atoms with Crippen LogP contribution >= 0.6 is 22.9 Å². The first kappa shape index (κ1) is 8.97. The van der Waals surface area contributed by atoms with Crippen LogP contribution < -0.4 is 5.32 Å². The number of alkyl halides is 1. The minimum atomic E-state index is 0.362. The van der Waals surface area contributed by atoms with Gasteiger partial charge in [0.2, 0.25) is 0 Å². The molecule has 11 heavy (non-hydrogen) atoms. The zero-order valence-electron chi connectivity index (χ0n) is 6.38. The van der Waals surface area contributed by atoms with Gasteiger partial charge in [0, 0.05) is 30.0 Å². The van der Waals surface area contributed by atoms with E-state index in [1.54, 1.807) is 11.3 Å². The highest BCUT2D eigenvalue weighted by atomic mass is 35.5. The minimum absolute atomic E-state index is 0.362. The Kier molecular flexibility index (Phi) is 3.83. The van der Waals surface area contributed by atoms with E-state index in [9.17, 15) is 0 Å². The van der Waals surface area contributed by atoms with Crippen molar-refractivity contribution in [3.05, 3.63) is 16.6 Å². The predicted octanol–water partition coefficient (Wildman–Crippen LogP) is 1.86. The summed E-state index contributed by atoms with van der Waals surface area (Å²) in [7, 11) is 0. The van der Waals surface area contributed by atoms with Crippen LogP contribution in [0.5, 0.6) is 0 Å². The van der Waals surface area contributed by atoms with E-state index in [2.05, 4.69) is 17.2 Å². The lowest BCUT2D eigenvalue weighted by molar-refractivity contribution is 0.592. The van der Waals surface area contributed by atoms with E-state index in [0.29, 0.717) is 11.9 Å². The lowest BCUT2D eigenvalue weighted by Crippen LogP contribution is -2.26. The quantitative estimate of drug-likeness (QED) is 0.734. The summed E-state index contributed by atoms with van der Waals surface area (Å²) >= 11 is 7.27. The van der Waals surface area contributed by atoms with Crippen molar-refractivity contribution in [2.24, 2.45) is 0 Å². The monoisotopic (exact) mass is 190 g/mol. The molecule has 1 heterocycles. The largest absolute Gasteiger partial charge is 0.307 e. The van der Waals surface area contributed by atoms with Crippen molar-refractivity contribution in [2.75, 3.05) is 5.88 Å². The molecule has 0 bridgehead atoms. The van der Waals surface area contributed by atoms with Gasteiger partial charge in [0.1, 0.15) is 5.01 Å². The van der Waals surface area contributed by atoms with Crippen molar-refractivity contribution in [3.8, 4) is 0 Å². The van der Waals surface area contributed by atoms with E-state index in [1.807, 2.05) is 11.6 Å². The van der Waals surface area contributed by atoms with Crippen molar-refractivity contribution < 1.29 is 0 Å². The molecule has 1 aromatic rings. The number of halogens is 1. The third-order valence-corrected chi connectivity index (χ3v) is 2.56. The Morgan fingerprint density at radius 3 is 3.18 bits per heavy atom. The summed E-state index contributed by atoms with van der Waals surface area (Å²) in [6, 6.07) is 0.362. The molecule has 4 heteroatoms. The Bertz CT molecular complexity index is 188. The lowest BCUT2D eigenvalue weighted by Gasteiger charge is -2.07. The Hall–Kier alpha value is -0.120. The zero-order chi connectivity index (χ0) is 8.10. The molecule has 0 aliphatic heterocycles. The first-order valence-electron chi connectivity index (χ1n) is 3.50. The Balaban J connectivity index is 2.23. The number of hydrogen-bond donors (Lipinski definition) is 1. The highest BCUT2D eigenvalue weighted by molar-refractivity contribution is 7.09. The Labute approximate surface area is 75.6 Å². The van der Waals surface area contributed by atoms with Crippen LogP contribution in [0.4, 0.5) is 0 Å². The topological polar surface area (TPSA) is 24.9 Å². The summed E-state index contributed by atoms with van der Waals surface area (Å²) in [5.74, 6) is 0.644. The summed E-state index contributed by atoms with van der Waals surface area (Å²) in [6.45, 7) is 2.88. The fourth-order valence-electron chi connectivity index (χ4n) is 0.656. The summed E-state index contributed by atoms with van der Waals surface area (Å²) < 4.78 is 0. The molecule has 1 rings (SSSR count). The molecule has 1 unspecified atom stereocenters. The summed E-state index contributed by atoms with van der Waals surface area (Å²) in [6.07, 6.45) is 1.81. The number of thiazole rings is 1. The van der Waals surface area contributed by atoms with Crippen LogP contribution in [0.1, 0.15) is 11.9 Å². The van der Waals surface area contributed by atoms with E-state index in [0.717, 1.165) is 11.6 Å². The molecule has 1 N–H and O–H groups in total. The van der Waals surface area contributed by atoms with Gasteiger partial charge in [0.15, 0.2) is 0 Å². The molecule has 0 spiro atoms. The molecule has 0 radical (unpaired) electrons. The summed E-state index contributed by atoms with van der Waals surface area (Å²) in [4.78, 5) is 4.14. The zero-order valence-corrected chi connectivity index (χ0v) is 7.95. The van der Waals surface area contributed by atoms with Crippen molar-refractivity contribution in [1.29, 1.82) is 0 Å². The highest BCUT2D eigenvalue weighted by Crippen LogP contribution is 2.03. The van der Waals surface area contributed by atoms with Crippen LogP contribution in [0.25, 0.3) is 0 Å². The van der Waals surface area contributed by atoms with Crippen molar-refractivity contribution in [1.82, 2.24) is 10.3 Å². The van der Waals surface area contributed by atoms with E-state index in [1.165, 1.54) is 0 Å². The molecule has 0 aliphatic rings. The smallest absolute Gasteiger partial charge is 0.106 e. The van der Waals surface area contributed by atoms with Gasteiger partial charge in [-0.3, -0.25) is 0 Å². The van der Waals surface area contributed by atoms with E-state index in [-0.39, 0.29) is 0 Å². The predicted molar refractivity (Wildman–Crippen MR) is 49.1 cm³/mol. The van der Waals surface area contributed by atoms with Crippen LogP contribution in [0, 0.1) is 0 Å². The molecule has 0 amide bonds. The van der Waals surface area contributed by atoms with Gasteiger partial charge in [0.05, 0.1) is 0 Å². The molecule has 62 valence electrons. The van der Waals surface area contributed by atoms with Gasteiger partial charge in [-0.2, -0.15) is 0 Å². The number of aromatic nitrogens is 1. The maximum absolute atomic E-state index is 5.61.